The Labute approximate surface area is 134 Å². The van der Waals surface area contributed by atoms with Gasteiger partial charge in [0.2, 0.25) is 0 Å². The zero-order valence-corrected chi connectivity index (χ0v) is 13.2. The van der Waals surface area contributed by atoms with Crippen molar-refractivity contribution in [1.82, 2.24) is 0 Å². The maximum Gasteiger partial charge on any atom is 0.124 e. The zero-order valence-electron chi connectivity index (χ0n) is 13.2. The lowest BCUT2D eigenvalue weighted by molar-refractivity contribution is 0.476. The molecule has 0 saturated carbocycles. The van der Waals surface area contributed by atoms with Gasteiger partial charge in [0.25, 0.3) is 0 Å². The Morgan fingerprint density at radius 3 is 2.17 bits per heavy atom. The van der Waals surface area contributed by atoms with Crippen LogP contribution < -0.4 is 0 Å². The molecule has 0 aliphatic rings. The van der Waals surface area contributed by atoms with Gasteiger partial charge in [0, 0.05) is 5.39 Å². The van der Waals surface area contributed by atoms with Gasteiger partial charge in [0.1, 0.15) is 11.5 Å². The molecule has 2 N–H and O–H groups in total. The molecule has 0 spiro atoms. The van der Waals surface area contributed by atoms with Crippen LogP contribution in [0.3, 0.4) is 0 Å². The third-order valence-electron chi connectivity index (χ3n) is 4.61. The molecule has 0 amide bonds. The second-order valence-electron chi connectivity index (χ2n) is 6.38. The number of phenols is 2. The minimum Gasteiger partial charge on any atom is -0.508 e. The topological polar surface area (TPSA) is 40.5 Å². The summed E-state index contributed by atoms with van der Waals surface area (Å²) in [6.07, 6.45) is 0. The normalized spacial score (nSPS) is 11.8. The van der Waals surface area contributed by atoms with Crippen LogP contribution in [0.15, 0.2) is 54.6 Å². The molecule has 4 aromatic rings. The highest BCUT2D eigenvalue weighted by Gasteiger charge is 2.12. The summed E-state index contributed by atoms with van der Waals surface area (Å²) in [6, 6.07) is 17.4. The van der Waals surface area contributed by atoms with E-state index in [0.29, 0.717) is 11.7 Å². The van der Waals surface area contributed by atoms with Gasteiger partial charge in [-0.3, -0.25) is 0 Å². The highest BCUT2D eigenvalue weighted by molar-refractivity contribution is 6.19. The maximum absolute atomic E-state index is 10.5. The van der Waals surface area contributed by atoms with Crippen molar-refractivity contribution >= 4 is 32.3 Å². The van der Waals surface area contributed by atoms with E-state index in [0.717, 1.165) is 32.3 Å². The highest BCUT2D eigenvalue weighted by Crippen LogP contribution is 2.39. The average Bonchev–Trinajstić information content (AvgIpc) is 2.53. The first-order valence-corrected chi connectivity index (χ1v) is 7.86. The van der Waals surface area contributed by atoms with E-state index >= 15 is 0 Å². The molecule has 0 fully saturated rings. The third-order valence-corrected chi connectivity index (χ3v) is 4.61. The molecule has 0 aromatic heterocycles. The van der Waals surface area contributed by atoms with Gasteiger partial charge in [-0.15, -0.1) is 0 Å². The summed E-state index contributed by atoms with van der Waals surface area (Å²) in [6.45, 7) is 4.33. The summed E-state index contributed by atoms with van der Waals surface area (Å²) in [7, 11) is 0. The molecular formula is C21H18O2. The standard InChI is InChI=1S/C21H18O2/c1-12(2)15-9-10-20(23)21-18(15)8-7-17-16-6-4-14(22)11-13(16)3-5-19(17)21/h3-12,22-23H,1-2H3. The van der Waals surface area contributed by atoms with Crippen LogP contribution >= 0.6 is 0 Å². The van der Waals surface area contributed by atoms with Crippen LogP contribution in [0.2, 0.25) is 0 Å². The van der Waals surface area contributed by atoms with Crippen molar-refractivity contribution < 1.29 is 10.2 Å². The monoisotopic (exact) mass is 302 g/mol. The Hall–Kier alpha value is -2.74. The molecule has 0 saturated heterocycles. The fourth-order valence-corrected chi connectivity index (χ4v) is 3.50. The van der Waals surface area contributed by atoms with E-state index in [2.05, 4.69) is 26.0 Å². The molecule has 0 bridgehead atoms. The Kier molecular flexibility index (Phi) is 2.95. The first kappa shape index (κ1) is 13.9. The largest absolute Gasteiger partial charge is 0.508 e. The van der Waals surface area contributed by atoms with E-state index in [-0.39, 0.29) is 5.75 Å². The van der Waals surface area contributed by atoms with Gasteiger partial charge in [0.05, 0.1) is 0 Å². The van der Waals surface area contributed by atoms with Gasteiger partial charge in [0.15, 0.2) is 0 Å². The second-order valence-corrected chi connectivity index (χ2v) is 6.38. The van der Waals surface area contributed by atoms with Crippen molar-refractivity contribution in [2.24, 2.45) is 0 Å². The van der Waals surface area contributed by atoms with Crippen LogP contribution in [0.4, 0.5) is 0 Å². The quantitative estimate of drug-likeness (QED) is 0.444. The number of rotatable bonds is 1. The van der Waals surface area contributed by atoms with Crippen molar-refractivity contribution in [2.75, 3.05) is 0 Å². The molecule has 0 aliphatic carbocycles. The second kappa shape index (κ2) is 4.88. The average molecular weight is 302 g/mol. The molecule has 0 atom stereocenters. The molecule has 4 aromatic carbocycles. The molecule has 0 unspecified atom stereocenters. The lowest BCUT2D eigenvalue weighted by atomic mass is 9.91. The first-order valence-electron chi connectivity index (χ1n) is 7.86. The van der Waals surface area contributed by atoms with Crippen LogP contribution in [0.25, 0.3) is 32.3 Å². The number of hydrogen-bond donors (Lipinski definition) is 2. The molecular weight excluding hydrogens is 284 g/mol. The fourth-order valence-electron chi connectivity index (χ4n) is 3.50. The molecule has 2 nitrogen and oxygen atoms in total. The van der Waals surface area contributed by atoms with Crippen molar-refractivity contribution in [3.8, 4) is 11.5 Å². The van der Waals surface area contributed by atoms with E-state index in [1.165, 1.54) is 5.56 Å². The van der Waals surface area contributed by atoms with Gasteiger partial charge < -0.3 is 10.2 Å². The van der Waals surface area contributed by atoms with E-state index in [1.54, 1.807) is 18.2 Å². The summed E-state index contributed by atoms with van der Waals surface area (Å²) in [5, 5.41) is 26.3. The molecule has 4 rings (SSSR count). The summed E-state index contributed by atoms with van der Waals surface area (Å²) in [5.41, 5.74) is 1.24. The number of phenolic OH excluding ortho intramolecular Hbond substituents is 2. The number of hydrogen-bond acceptors (Lipinski definition) is 2. The number of aromatic hydroxyl groups is 2. The zero-order chi connectivity index (χ0) is 16.1. The molecule has 114 valence electrons. The van der Waals surface area contributed by atoms with E-state index in [9.17, 15) is 10.2 Å². The minimum atomic E-state index is 0.266. The van der Waals surface area contributed by atoms with Crippen LogP contribution in [-0.2, 0) is 0 Å². The smallest absolute Gasteiger partial charge is 0.124 e. The van der Waals surface area contributed by atoms with Gasteiger partial charge in [-0.1, -0.05) is 50.2 Å². The summed E-state index contributed by atoms with van der Waals surface area (Å²) >= 11 is 0. The van der Waals surface area contributed by atoms with E-state index in [1.807, 2.05) is 24.3 Å². The van der Waals surface area contributed by atoms with Crippen LogP contribution in [-0.4, -0.2) is 10.2 Å². The minimum absolute atomic E-state index is 0.266. The van der Waals surface area contributed by atoms with Gasteiger partial charge in [-0.05, 0) is 56.6 Å². The Bertz CT molecular complexity index is 1060. The third kappa shape index (κ3) is 2.02. The molecule has 0 radical (unpaired) electrons. The number of fused-ring (bicyclic) bond motifs is 5. The van der Waals surface area contributed by atoms with Crippen molar-refractivity contribution in [2.45, 2.75) is 19.8 Å². The van der Waals surface area contributed by atoms with Crippen molar-refractivity contribution in [3.63, 3.8) is 0 Å². The molecule has 0 heterocycles. The van der Waals surface area contributed by atoms with Gasteiger partial charge in [-0.2, -0.15) is 0 Å². The highest BCUT2D eigenvalue weighted by atomic mass is 16.3. The van der Waals surface area contributed by atoms with Crippen molar-refractivity contribution in [1.29, 1.82) is 0 Å². The Balaban J connectivity index is 2.21. The molecule has 0 aliphatic heterocycles. The van der Waals surface area contributed by atoms with Crippen LogP contribution in [0.5, 0.6) is 11.5 Å². The SMILES string of the molecule is CC(C)c1ccc(O)c2c1ccc1c3ccc(O)cc3ccc12. The van der Waals surface area contributed by atoms with Crippen LogP contribution in [0.1, 0.15) is 25.3 Å². The predicted octanol–water partition coefficient (Wildman–Crippen LogP) is 5.68. The van der Waals surface area contributed by atoms with Crippen LogP contribution in [0, 0.1) is 0 Å². The summed E-state index contributed by atoms with van der Waals surface area (Å²) in [4.78, 5) is 0. The van der Waals surface area contributed by atoms with Gasteiger partial charge in [-0.25, -0.2) is 0 Å². The predicted molar refractivity (Wildman–Crippen MR) is 96.4 cm³/mol. The molecule has 2 heteroatoms. The fraction of sp³-hybridized carbons (Fsp3) is 0.143. The molecule has 23 heavy (non-hydrogen) atoms. The van der Waals surface area contributed by atoms with E-state index < -0.39 is 0 Å². The van der Waals surface area contributed by atoms with Gasteiger partial charge >= 0.3 is 0 Å². The van der Waals surface area contributed by atoms with Crippen molar-refractivity contribution in [3.05, 3.63) is 60.2 Å². The van der Waals surface area contributed by atoms with E-state index in [4.69, 9.17) is 0 Å². The number of benzene rings is 4. The Morgan fingerprint density at radius 1 is 0.696 bits per heavy atom. The lowest BCUT2D eigenvalue weighted by Crippen LogP contribution is -1.90. The Morgan fingerprint density at radius 2 is 1.39 bits per heavy atom. The lowest BCUT2D eigenvalue weighted by Gasteiger charge is -2.14. The maximum atomic E-state index is 10.5. The summed E-state index contributed by atoms with van der Waals surface area (Å²) in [5.74, 6) is 0.976. The summed E-state index contributed by atoms with van der Waals surface area (Å²) < 4.78 is 0. The first-order chi connectivity index (χ1) is 11.1.